The lowest BCUT2D eigenvalue weighted by Gasteiger charge is -2.18. The molecule has 9 heteroatoms. The van der Waals surface area contributed by atoms with Crippen LogP contribution in [0.1, 0.15) is 15.9 Å². The molecule has 2 N–H and O–H groups in total. The summed E-state index contributed by atoms with van der Waals surface area (Å²) in [6.45, 7) is 0. The smallest absolute Gasteiger partial charge is 0.366 e. The van der Waals surface area contributed by atoms with Gasteiger partial charge >= 0.3 is 6.18 Å². The van der Waals surface area contributed by atoms with Gasteiger partial charge in [-0.15, -0.1) is 11.8 Å². The summed E-state index contributed by atoms with van der Waals surface area (Å²) in [4.78, 5) is 11.3. The molecule has 24 heavy (non-hydrogen) atoms. The number of carbonyl (C=O) groups excluding carboxylic acids is 1. The highest BCUT2D eigenvalue weighted by Gasteiger charge is 2.39. The van der Waals surface area contributed by atoms with Crippen molar-refractivity contribution >= 4 is 29.3 Å². The summed E-state index contributed by atoms with van der Waals surface area (Å²) in [5, 5.41) is -0.872. The van der Waals surface area contributed by atoms with Gasteiger partial charge in [-0.25, -0.2) is 8.78 Å². The first-order chi connectivity index (χ1) is 11.1. The van der Waals surface area contributed by atoms with Gasteiger partial charge in [-0.05, 0) is 30.0 Å². The van der Waals surface area contributed by atoms with Crippen LogP contribution in [0.25, 0.3) is 11.1 Å². The average Bonchev–Trinajstić information content (AvgIpc) is 2.48. The fourth-order valence-electron chi connectivity index (χ4n) is 2.17. The molecule has 0 unspecified atom stereocenters. The van der Waals surface area contributed by atoms with Crippen LogP contribution in [0.3, 0.4) is 0 Å². The van der Waals surface area contributed by atoms with Crippen molar-refractivity contribution in [3.05, 3.63) is 52.0 Å². The van der Waals surface area contributed by atoms with Crippen molar-refractivity contribution in [1.29, 1.82) is 0 Å². The summed E-state index contributed by atoms with van der Waals surface area (Å²) >= 11 is 6.55. The number of hydrogen-bond acceptors (Lipinski definition) is 2. The first-order valence-corrected chi connectivity index (χ1v) is 7.91. The molecule has 0 aliphatic heterocycles. The number of primary amides is 1. The predicted molar refractivity (Wildman–Crippen MR) is 82.1 cm³/mol. The Morgan fingerprint density at radius 2 is 1.83 bits per heavy atom. The molecule has 0 radical (unpaired) electrons. The quantitative estimate of drug-likeness (QED) is 0.592. The van der Waals surface area contributed by atoms with Gasteiger partial charge in [0, 0.05) is 10.5 Å². The molecule has 2 nitrogen and oxygen atoms in total. The van der Waals surface area contributed by atoms with E-state index in [4.69, 9.17) is 17.3 Å². The minimum Gasteiger partial charge on any atom is -0.366 e. The molecule has 0 saturated carbocycles. The number of carbonyl (C=O) groups is 1. The van der Waals surface area contributed by atoms with Gasteiger partial charge in [0.15, 0.2) is 0 Å². The lowest BCUT2D eigenvalue weighted by molar-refractivity contribution is -0.137. The highest BCUT2D eigenvalue weighted by atomic mass is 35.5. The monoisotopic (exact) mass is 381 g/mol. The second-order valence-corrected chi connectivity index (χ2v) is 5.94. The number of rotatable bonds is 3. The molecule has 128 valence electrons. The van der Waals surface area contributed by atoms with Gasteiger partial charge in [-0.1, -0.05) is 17.7 Å². The van der Waals surface area contributed by atoms with Crippen LogP contribution in [0, 0.1) is 11.6 Å². The van der Waals surface area contributed by atoms with E-state index in [9.17, 15) is 26.7 Å². The topological polar surface area (TPSA) is 43.1 Å². The third-order valence-electron chi connectivity index (χ3n) is 3.20. The summed E-state index contributed by atoms with van der Waals surface area (Å²) in [6, 6.07) is 3.47. The predicted octanol–water partition coefficient (Wildman–Crippen LogP) is 5.12. The molecule has 2 rings (SSSR count). The zero-order valence-corrected chi connectivity index (χ0v) is 13.5. The molecule has 0 saturated heterocycles. The Morgan fingerprint density at radius 1 is 1.21 bits per heavy atom. The minimum atomic E-state index is -4.99. The second kappa shape index (κ2) is 6.60. The lowest BCUT2D eigenvalue weighted by atomic mass is 9.95. The molecule has 0 spiro atoms. The van der Waals surface area contributed by atoms with Gasteiger partial charge in [-0.3, -0.25) is 4.79 Å². The number of nitrogens with two attached hydrogens (primary N) is 1. The molecule has 0 aromatic heterocycles. The van der Waals surface area contributed by atoms with Crippen molar-refractivity contribution < 1.29 is 26.7 Å². The van der Waals surface area contributed by atoms with Gasteiger partial charge in [0.05, 0.1) is 16.1 Å². The van der Waals surface area contributed by atoms with Crippen molar-refractivity contribution in [1.82, 2.24) is 0 Å². The summed E-state index contributed by atoms with van der Waals surface area (Å²) in [6.07, 6.45) is -3.48. The minimum absolute atomic E-state index is 0.0145. The molecule has 0 bridgehead atoms. The fraction of sp³-hybridized carbons (Fsp3) is 0.133. The Balaban J connectivity index is 2.91. The van der Waals surface area contributed by atoms with E-state index < -0.39 is 45.4 Å². The van der Waals surface area contributed by atoms with Crippen molar-refractivity contribution in [3.8, 4) is 11.1 Å². The van der Waals surface area contributed by atoms with E-state index in [-0.39, 0.29) is 10.5 Å². The fourth-order valence-corrected chi connectivity index (χ4v) is 2.99. The Labute approximate surface area is 142 Å². The molecule has 0 fully saturated rings. The van der Waals surface area contributed by atoms with Gasteiger partial charge in [0.2, 0.25) is 0 Å². The standard InChI is InChI=1S/C15H9ClF5NOS/c1-24-10-4-6(2-3-9(10)17)11-12(15(19,20)21)8(16)5-7(13(11)18)14(22)23/h2-5H,1H3,(H2,22,23). The van der Waals surface area contributed by atoms with E-state index in [1.165, 1.54) is 6.26 Å². The molecule has 0 aliphatic carbocycles. The number of thioether (sulfide) groups is 1. The van der Waals surface area contributed by atoms with Crippen molar-refractivity contribution in [2.24, 2.45) is 5.73 Å². The maximum absolute atomic E-state index is 14.6. The number of halogens is 6. The Morgan fingerprint density at radius 3 is 2.33 bits per heavy atom. The first kappa shape index (κ1) is 18.5. The molecule has 0 heterocycles. The highest BCUT2D eigenvalue weighted by molar-refractivity contribution is 7.98. The molecule has 0 aliphatic rings. The average molecular weight is 382 g/mol. The Bertz CT molecular complexity index is 822. The van der Waals surface area contributed by atoms with Crippen LogP contribution < -0.4 is 5.73 Å². The number of alkyl halides is 3. The van der Waals surface area contributed by atoms with Crippen LogP contribution in [0.4, 0.5) is 22.0 Å². The van der Waals surface area contributed by atoms with Crippen LogP contribution in [0.2, 0.25) is 5.02 Å². The van der Waals surface area contributed by atoms with Crippen LogP contribution >= 0.6 is 23.4 Å². The van der Waals surface area contributed by atoms with Crippen molar-refractivity contribution in [2.75, 3.05) is 6.26 Å². The zero-order valence-electron chi connectivity index (χ0n) is 12.0. The van der Waals surface area contributed by atoms with Crippen molar-refractivity contribution in [3.63, 3.8) is 0 Å². The van der Waals surface area contributed by atoms with E-state index in [0.29, 0.717) is 6.07 Å². The van der Waals surface area contributed by atoms with Crippen LogP contribution in [-0.4, -0.2) is 12.2 Å². The first-order valence-electron chi connectivity index (χ1n) is 6.30. The number of amides is 1. The Hall–Kier alpha value is -1.80. The van der Waals surface area contributed by atoms with Crippen molar-refractivity contribution in [2.45, 2.75) is 11.1 Å². The van der Waals surface area contributed by atoms with E-state index in [2.05, 4.69) is 0 Å². The molecule has 2 aromatic rings. The SMILES string of the molecule is CSc1cc(-c2c(F)c(C(N)=O)cc(Cl)c2C(F)(F)F)ccc1F. The van der Waals surface area contributed by atoms with Crippen LogP contribution in [0.5, 0.6) is 0 Å². The second-order valence-electron chi connectivity index (χ2n) is 4.68. The molecule has 2 aromatic carbocycles. The zero-order chi connectivity index (χ0) is 18.2. The molecule has 0 atom stereocenters. The molecule has 1 amide bonds. The van der Waals surface area contributed by atoms with Gasteiger partial charge in [-0.2, -0.15) is 13.2 Å². The van der Waals surface area contributed by atoms with E-state index >= 15 is 0 Å². The summed E-state index contributed by atoms with van der Waals surface area (Å²) in [5.41, 5.74) is 1.54. The third kappa shape index (κ3) is 3.34. The summed E-state index contributed by atoms with van der Waals surface area (Å²) in [5.74, 6) is -3.40. The maximum Gasteiger partial charge on any atom is 0.418 e. The lowest BCUT2D eigenvalue weighted by Crippen LogP contribution is -2.17. The summed E-state index contributed by atoms with van der Waals surface area (Å²) in [7, 11) is 0. The normalized spacial score (nSPS) is 11.6. The molecular formula is C15H9ClF5NOS. The van der Waals surface area contributed by atoms with E-state index in [1.807, 2.05) is 0 Å². The number of benzene rings is 2. The van der Waals surface area contributed by atoms with Gasteiger partial charge in [0.1, 0.15) is 11.6 Å². The van der Waals surface area contributed by atoms with Crippen LogP contribution in [-0.2, 0) is 6.18 Å². The Kier molecular flexibility index (Phi) is 5.10. The molecular weight excluding hydrogens is 373 g/mol. The maximum atomic E-state index is 14.6. The van der Waals surface area contributed by atoms with Gasteiger partial charge in [0.25, 0.3) is 5.91 Å². The number of hydrogen-bond donors (Lipinski definition) is 1. The largest absolute Gasteiger partial charge is 0.418 e. The van der Waals surface area contributed by atoms with Gasteiger partial charge < -0.3 is 5.73 Å². The third-order valence-corrected chi connectivity index (χ3v) is 4.26. The summed E-state index contributed by atoms with van der Waals surface area (Å²) < 4.78 is 68.1. The van der Waals surface area contributed by atoms with E-state index in [1.54, 1.807) is 0 Å². The van der Waals surface area contributed by atoms with Crippen LogP contribution in [0.15, 0.2) is 29.2 Å². The highest BCUT2D eigenvalue weighted by Crippen LogP contribution is 2.44. The van der Waals surface area contributed by atoms with E-state index in [0.717, 1.165) is 30.0 Å².